The first-order valence-electron chi connectivity index (χ1n) is 5.28. The van der Waals surface area contributed by atoms with E-state index in [1.165, 1.54) is 6.26 Å². The lowest BCUT2D eigenvalue weighted by molar-refractivity contribution is 0.588. The second-order valence-corrected chi connectivity index (χ2v) is 7.39. The molecule has 1 heterocycles. The van der Waals surface area contributed by atoms with Gasteiger partial charge in [-0.15, -0.1) is 0 Å². The third-order valence-electron chi connectivity index (χ3n) is 2.46. The molecular weight excluding hydrogens is 353 g/mol. The Hall–Kier alpha value is -0.440. The van der Waals surface area contributed by atoms with Crippen molar-refractivity contribution in [2.24, 2.45) is 0 Å². The third-order valence-corrected chi connectivity index (χ3v) is 5.13. The lowest BCUT2D eigenvalue weighted by Crippen LogP contribution is -2.15. The molecule has 17 heavy (non-hydrogen) atoms. The van der Waals surface area contributed by atoms with Crippen LogP contribution in [0.1, 0.15) is 37.0 Å². The summed E-state index contributed by atoms with van der Waals surface area (Å²) >= 11 is 2.09. The van der Waals surface area contributed by atoms with E-state index >= 15 is 0 Å². The molecule has 1 aromatic heterocycles. The molecular formula is C10H16IN3O2S. The zero-order valence-corrected chi connectivity index (χ0v) is 13.0. The van der Waals surface area contributed by atoms with Gasteiger partial charge in [0.2, 0.25) is 0 Å². The minimum Gasteiger partial charge on any atom is -0.383 e. The zero-order chi connectivity index (χ0) is 13.2. The van der Waals surface area contributed by atoms with E-state index in [-0.39, 0.29) is 5.82 Å². The van der Waals surface area contributed by atoms with Crippen LogP contribution in [0.25, 0.3) is 0 Å². The van der Waals surface area contributed by atoms with Crippen molar-refractivity contribution in [3.05, 3.63) is 15.1 Å². The number of aromatic nitrogens is 2. The molecule has 0 fully saturated rings. The normalized spacial score (nSPS) is 13.6. The first kappa shape index (κ1) is 14.6. The summed E-state index contributed by atoms with van der Waals surface area (Å²) in [4.78, 5) is 8.37. The average molecular weight is 369 g/mol. The fraction of sp³-hybridized carbons (Fsp3) is 0.600. The van der Waals surface area contributed by atoms with E-state index in [0.717, 1.165) is 22.1 Å². The Morgan fingerprint density at radius 1 is 1.41 bits per heavy atom. The van der Waals surface area contributed by atoms with Gasteiger partial charge in [0, 0.05) is 6.26 Å². The topological polar surface area (TPSA) is 85.9 Å². The van der Waals surface area contributed by atoms with E-state index in [1.807, 2.05) is 6.92 Å². The molecule has 0 amide bonds. The lowest BCUT2D eigenvalue weighted by atomic mass is 10.2. The predicted molar refractivity (Wildman–Crippen MR) is 76.4 cm³/mol. The molecule has 96 valence electrons. The van der Waals surface area contributed by atoms with Crippen LogP contribution in [0.2, 0.25) is 0 Å². The van der Waals surface area contributed by atoms with Crippen LogP contribution >= 0.6 is 22.6 Å². The number of aryl methyl sites for hydroxylation is 1. The van der Waals surface area contributed by atoms with E-state index in [4.69, 9.17) is 5.73 Å². The predicted octanol–water partition coefficient (Wildman–Crippen LogP) is 1.72. The SMILES string of the molecule is CCCc1nc(C(C)S(C)(=O)=O)nc(N)c1I. The quantitative estimate of drug-likeness (QED) is 0.817. The molecule has 5 nitrogen and oxygen atoms in total. The van der Waals surface area contributed by atoms with Crippen molar-refractivity contribution in [1.82, 2.24) is 9.97 Å². The number of nitrogens with two attached hydrogens (primary N) is 1. The summed E-state index contributed by atoms with van der Waals surface area (Å²) in [7, 11) is -3.20. The number of hydrogen-bond donors (Lipinski definition) is 1. The lowest BCUT2D eigenvalue weighted by Gasteiger charge is -2.12. The molecule has 0 aliphatic rings. The summed E-state index contributed by atoms with van der Waals surface area (Å²) in [5.74, 6) is 0.642. The van der Waals surface area contributed by atoms with Gasteiger partial charge >= 0.3 is 0 Å². The number of anilines is 1. The highest BCUT2D eigenvalue weighted by Crippen LogP contribution is 2.23. The Balaban J connectivity index is 3.28. The fourth-order valence-corrected chi connectivity index (χ4v) is 2.31. The average Bonchev–Trinajstić information content (AvgIpc) is 2.22. The third kappa shape index (κ3) is 3.51. The van der Waals surface area contributed by atoms with Crippen LogP contribution in [0.15, 0.2) is 0 Å². The first-order chi connectivity index (χ1) is 7.77. The highest BCUT2D eigenvalue weighted by atomic mass is 127. The number of rotatable bonds is 4. The van der Waals surface area contributed by atoms with E-state index in [9.17, 15) is 8.42 Å². The molecule has 2 N–H and O–H groups in total. The summed E-state index contributed by atoms with van der Waals surface area (Å²) in [6.45, 7) is 3.61. The summed E-state index contributed by atoms with van der Waals surface area (Å²) < 4.78 is 23.8. The Kier molecular flexibility index (Phi) is 4.70. The summed E-state index contributed by atoms with van der Waals surface area (Å²) in [5, 5.41) is -0.725. The van der Waals surface area contributed by atoms with Crippen LogP contribution in [-0.2, 0) is 16.3 Å². The van der Waals surface area contributed by atoms with Crippen LogP contribution in [0.5, 0.6) is 0 Å². The van der Waals surface area contributed by atoms with Gasteiger partial charge in [-0.1, -0.05) is 13.3 Å². The molecule has 0 radical (unpaired) electrons. The number of nitrogens with zero attached hydrogens (tertiary/aromatic N) is 2. The number of halogens is 1. The van der Waals surface area contributed by atoms with Crippen molar-refractivity contribution >= 4 is 38.2 Å². The van der Waals surface area contributed by atoms with Crippen molar-refractivity contribution in [3.8, 4) is 0 Å². The molecule has 1 atom stereocenters. The Morgan fingerprint density at radius 2 is 2.00 bits per heavy atom. The maximum atomic E-state index is 11.5. The van der Waals surface area contributed by atoms with Crippen LogP contribution in [-0.4, -0.2) is 24.6 Å². The summed E-state index contributed by atoms with van der Waals surface area (Å²) in [6.07, 6.45) is 2.88. The molecule has 1 rings (SSSR count). The van der Waals surface area contributed by atoms with Crippen molar-refractivity contribution in [1.29, 1.82) is 0 Å². The van der Waals surface area contributed by atoms with Gasteiger partial charge in [0.25, 0.3) is 0 Å². The largest absolute Gasteiger partial charge is 0.383 e. The summed E-state index contributed by atoms with van der Waals surface area (Å²) in [6, 6.07) is 0. The van der Waals surface area contributed by atoms with E-state index < -0.39 is 15.1 Å². The standard InChI is InChI=1S/C10H16IN3O2S/c1-4-5-7-8(11)9(12)14-10(13-7)6(2)17(3,15)16/h6H,4-5H2,1-3H3,(H2,12,13,14). The van der Waals surface area contributed by atoms with Gasteiger partial charge in [-0.05, 0) is 35.9 Å². The molecule has 0 saturated carbocycles. The molecule has 7 heteroatoms. The molecule has 0 bridgehead atoms. The van der Waals surface area contributed by atoms with Gasteiger partial charge in [-0.25, -0.2) is 18.4 Å². The fourth-order valence-electron chi connectivity index (χ4n) is 1.31. The highest BCUT2D eigenvalue weighted by molar-refractivity contribution is 14.1. The molecule has 1 unspecified atom stereocenters. The van der Waals surface area contributed by atoms with Gasteiger partial charge in [-0.2, -0.15) is 0 Å². The van der Waals surface area contributed by atoms with Crippen molar-refractivity contribution in [3.63, 3.8) is 0 Å². The summed E-state index contributed by atoms with van der Waals surface area (Å²) in [5.41, 5.74) is 6.60. The minimum atomic E-state index is -3.20. The molecule has 0 spiro atoms. The Bertz CT molecular complexity index is 517. The molecule has 0 aromatic carbocycles. The molecule has 0 saturated heterocycles. The van der Waals surface area contributed by atoms with E-state index in [0.29, 0.717) is 5.82 Å². The van der Waals surface area contributed by atoms with Gasteiger partial charge < -0.3 is 5.73 Å². The molecule has 0 aliphatic heterocycles. The second kappa shape index (κ2) is 5.47. The van der Waals surface area contributed by atoms with Crippen LogP contribution in [0.4, 0.5) is 5.82 Å². The smallest absolute Gasteiger partial charge is 0.157 e. The number of sulfone groups is 1. The minimum absolute atomic E-state index is 0.286. The van der Waals surface area contributed by atoms with Crippen LogP contribution < -0.4 is 5.73 Å². The van der Waals surface area contributed by atoms with Gasteiger partial charge in [0.05, 0.1) is 9.26 Å². The highest BCUT2D eigenvalue weighted by Gasteiger charge is 2.22. The molecule has 1 aromatic rings. The Morgan fingerprint density at radius 3 is 2.47 bits per heavy atom. The van der Waals surface area contributed by atoms with Crippen LogP contribution in [0.3, 0.4) is 0 Å². The van der Waals surface area contributed by atoms with Gasteiger partial charge in [-0.3, -0.25) is 0 Å². The van der Waals surface area contributed by atoms with Crippen LogP contribution in [0, 0.1) is 3.57 Å². The van der Waals surface area contributed by atoms with Crippen molar-refractivity contribution in [2.75, 3.05) is 12.0 Å². The Labute approximate surface area is 115 Å². The second-order valence-electron chi connectivity index (χ2n) is 3.95. The number of nitrogen functional groups attached to an aromatic ring is 1. The van der Waals surface area contributed by atoms with Gasteiger partial charge in [0.1, 0.15) is 16.9 Å². The van der Waals surface area contributed by atoms with Gasteiger partial charge in [0.15, 0.2) is 9.84 Å². The van der Waals surface area contributed by atoms with E-state index in [1.54, 1.807) is 6.92 Å². The first-order valence-corrected chi connectivity index (χ1v) is 8.31. The van der Waals surface area contributed by atoms with Crippen molar-refractivity contribution < 1.29 is 8.42 Å². The number of hydrogen-bond acceptors (Lipinski definition) is 5. The monoisotopic (exact) mass is 369 g/mol. The molecule has 0 aliphatic carbocycles. The zero-order valence-electron chi connectivity index (χ0n) is 10.1. The maximum absolute atomic E-state index is 11.5. The van der Waals surface area contributed by atoms with Crippen molar-refractivity contribution in [2.45, 2.75) is 31.9 Å². The van der Waals surface area contributed by atoms with E-state index in [2.05, 4.69) is 32.6 Å². The maximum Gasteiger partial charge on any atom is 0.157 e.